The van der Waals surface area contributed by atoms with Crippen LogP contribution in [0.2, 0.25) is 0 Å². The van der Waals surface area contributed by atoms with Crippen molar-refractivity contribution in [1.29, 1.82) is 0 Å². The van der Waals surface area contributed by atoms with Gasteiger partial charge in [0.1, 0.15) is 0 Å². The standard InChI is InChI=1S/C56H42S/c1-2-12-35(13-3-1)53-41-14-4-6-16-43(41)54(44-17-7-5-15-42(44)53)36-23-25-50-49(31-36)40-24-22-37(32-51(40)57-50)55-45-18-8-10-20-47(45)56(48-21-11-9-19-46(48)55)52-38-27-33-26-34(29-38)30-39(52)28-33/h1-25,31-34,38-39,52H,26-30H2. The highest BCUT2D eigenvalue weighted by atomic mass is 32.1. The summed E-state index contributed by atoms with van der Waals surface area (Å²) >= 11 is 1.93. The first-order chi connectivity index (χ1) is 28.2. The summed E-state index contributed by atoms with van der Waals surface area (Å²) in [5, 5.41) is 13.7. The molecule has 4 bridgehead atoms. The van der Waals surface area contributed by atoms with Gasteiger partial charge in [0.15, 0.2) is 0 Å². The molecule has 9 aromatic carbocycles. The van der Waals surface area contributed by atoms with Gasteiger partial charge in [-0.25, -0.2) is 0 Å². The van der Waals surface area contributed by atoms with Gasteiger partial charge in [-0.2, -0.15) is 0 Å². The molecule has 14 rings (SSSR count). The summed E-state index contributed by atoms with van der Waals surface area (Å²) < 4.78 is 2.69. The van der Waals surface area contributed by atoms with Gasteiger partial charge in [0.2, 0.25) is 0 Å². The van der Waals surface area contributed by atoms with E-state index in [1.165, 1.54) is 129 Å². The zero-order chi connectivity index (χ0) is 37.2. The van der Waals surface area contributed by atoms with Crippen LogP contribution in [0.3, 0.4) is 0 Å². The summed E-state index contributed by atoms with van der Waals surface area (Å²) in [7, 11) is 0. The van der Waals surface area contributed by atoms with Crippen LogP contribution in [0.25, 0.3) is 96.6 Å². The molecule has 57 heavy (non-hydrogen) atoms. The molecule has 272 valence electrons. The second kappa shape index (κ2) is 12.4. The number of fused-ring (bicyclic) bond motifs is 7. The van der Waals surface area contributed by atoms with Gasteiger partial charge in [0, 0.05) is 20.2 Å². The molecule has 0 amide bonds. The zero-order valence-electron chi connectivity index (χ0n) is 31.9. The molecule has 4 aliphatic rings. The van der Waals surface area contributed by atoms with Gasteiger partial charge in [-0.15, -0.1) is 11.3 Å². The molecule has 1 aromatic heterocycles. The van der Waals surface area contributed by atoms with E-state index in [0.29, 0.717) is 5.92 Å². The largest absolute Gasteiger partial charge is 0.135 e. The molecule has 0 N–H and O–H groups in total. The maximum atomic E-state index is 2.50. The van der Waals surface area contributed by atoms with Crippen molar-refractivity contribution in [1.82, 2.24) is 0 Å². The SMILES string of the molecule is c1ccc(-c2c3ccccc3c(-c3ccc4sc5cc(-c6c7ccccc7c(C7C8CC9CC(C8)CC7C9)c7ccccc67)ccc5c4c3)c3ccccc23)cc1. The highest BCUT2D eigenvalue weighted by molar-refractivity contribution is 7.25. The molecule has 1 heterocycles. The number of hydrogen-bond donors (Lipinski definition) is 0. The van der Waals surface area contributed by atoms with Crippen LogP contribution in [-0.4, -0.2) is 0 Å². The first-order valence-corrected chi connectivity index (χ1v) is 22.0. The van der Waals surface area contributed by atoms with E-state index in [2.05, 4.69) is 164 Å². The molecule has 0 aliphatic heterocycles. The van der Waals surface area contributed by atoms with Gasteiger partial charge in [0.05, 0.1) is 0 Å². The highest BCUT2D eigenvalue weighted by Gasteiger charge is 2.49. The summed E-state index contributed by atoms with van der Waals surface area (Å²) in [5.74, 6) is 4.32. The van der Waals surface area contributed by atoms with E-state index >= 15 is 0 Å². The van der Waals surface area contributed by atoms with E-state index in [9.17, 15) is 0 Å². The Balaban J connectivity index is 0.990. The van der Waals surface area contributed by atoms with Crippen LogP contribution in [0.5, 0.6) is 0 Å². The minimum atomic E-state index is 0.685. The molecule has 4 aliphatic carbocycles. The van der Waals surface area contributed by atoms with Crippen LogP contribution >= 0.6 is 11.3 Å². The third-order valence-electron chi connectivity index (χ3n) is 14.6. The molecule has 1 heteroatoms. The van der Waals surface area contributed by atoms with Crippen molar-refractivity contribution in [2.45, 2.75) is 38.0 Å². The summed E-state index contributed by atoms with van der Waals surface area (Å²) in [6.07, 6.45) is 7.27. The first-order valence-electron chi connectivity index (χ1n) is 21.1. The molecule has 0 unspecified atom stereocenters. The average Bonchev–Trinajstić information content (AvgIpc) is 3.62. The van der Waals surface area contributed by atoms with Crippen molar-refractivity contribution in [3.63, 3.8) is 0 Å². The fourth-order valence-electron chi connectivity index (χ4n) is 12.7. The Morgan fingerprint density at radius 3 is 1.30 bits per heavy atom. The monoisotopic (exact) mass is 746 g/mol. The Kier molecular flexibility index (Phi) is 7.02. The average molecular weight is 747 g/mol. The van der Waals surface area contributed by atoms with Crippen molar-refractivity contribution in [3.05, 3.63) is 169 Å². The van der Waals surface area contributed by atoms with Crippen molar-refractivity contribution >= 4 is 74.6 Å². The van der Waals surface area contributed by atoms with Crippen LogP contribution in [0, 0.1) is 23.7 Å². The Hall–Kier alpha value is -5.76. The van der Waals surface area contributed by atoms with Crippen molar-refractivity contribution < 1.29 is 0 Å². The number of benzene rings is 9. The third-order valence-corrected chi connectivity index (χ3v) is 15.7. The molecule has 10 aromatic rings. The van der Waals surface area contributed by atoms with Gasteiger partial charge in [0.25, 0.3) is 0 Å². The summed E-state index contributed by atoms with van der Waals surface area (Å²) in [6, 6.07) is 62.2. The van der Waals surface area contributed by atoms with Crippen LogP contribution in [0.1, 0.15) is 43.6 Å². The van der Waals surface area contributed by atoms with E-state index in [1.807, 2.05) is 11.3 Å². The lowest BCUT2D eigenvalue weighted by molar-refractivity contribution is -0.00185. The number of hydrogen-bond acceptors (Lipinski definition) is 1. The maximum absolute atomic E-state index is 2.50. The van der Waals surface area contributed by atoms with Crippen molar-refractivity contribution in [2.24, 2.45) is 23.7 Å². The maximum Gasteiger partial charge on any atom is 0.0361 e. The minimum Gasteiger partial charge on any atom is -0.135 e. The molecule has 4 fully saturated rings. The molecule has 0 nitrogen and oxygen atoms in total. The van der Waals surface area contributed by atoms with Crippen LogP contribution in [0.4, 0.5) is 0 Å². The zero-order valence-corrected chi connectivity index (χ0v) is 32.7. The van der Waals surface area contributed by atoms with Gasteiger partial charge >= 0.3 is 0 Å². The number of thiophene rings is 1. The van der Waals surface area contributed by atoms with Gasteiger partial charge in [-0.1, -0.05) is 146 Å². The van der Waals surface area contributed by atoms with Crippen LogP contribution < -0.4 is 0 Å². The molecule has 0 spiro atoms. The Morgan fingerprint density at radius 1 is 0.316 bits per heavy atom. The second-order valence-electron chi connectivity index (χ2n) is 17.6. The predicted octanol–water partition coefficient (Wildman–Crippen LogP) is 16.2. The van der Waals surface area contributed by atoms with E-state index < -0.39 is 0 Å². The van der Waals surface area contributed by atoms with Crippen molar-refractivity contribution in [3.8, 4) is 33.4 Å². The summed E-state index contributed by atoms with van der Waals surface area (Å²) in [5.41, 5.74) is 9.54. The third kappa shape index (κ3) is 4.79. The van der Waals surface area contributed by atoms with Crippen LogP contribution in [0.15, 0.2) is 164 Å². The van der Waals surface area contributed by atoms with Crippen molar-refractivity contribution in [2.75, 3.05) is 0 Å². The fraction of sp³-hybridized carbons (Fsp3) is 0.179. The summed E-state index contributed by atoms with van der Waals surface area (Å²) in [6.45, 7) is 0. The van der Waals surface area contributed by atoms with E-state index in [0.717, 1.165) is 23.7 Å². The summed E-state index contributed by atoms with van der Waals surface area (Å²) in [4.78, 5) is 0. The van der Waals surface area contributed by atoms with E-state index in [-0.39, 0.29) is 0 Å². The smallest absolute Gasteiger partial charge is 0.0361 e. The second-order valence-corrected chi connectivity index (χ2v) is 18.7. The predicted molar refractivity (Wildman–Crippen MR) is 245 cm³/mol. The molecule has 0 saturated heterocycles. The Labute approximate surface area is 337 Å². The van der Waals surface area contributed by atoms with Gasteiger partial charge < -0.3 is 0 Å². The molecule has 0 radical (unpaired) electrons. The van der Waals surface area contributed by atoms with Gasteiger partial charge in [-0.05, 0) is 162 Å². The number of rotatable bonds is 4. The van der Waals surface area contributed by atoms with Crippen LogP contribution in [-0.2, 0) is 0 Å². The molecular weight excluding hydrogens is 705 g/mol. The highest BCUT2D eigenvalue weighted by Crippen LogP contribution is 2.62. The molecular formula is C56H42S. The lowest BCUT2D eigenvalue weighted by Crippen LogP contribution is -2.43. The lowest BCUT2D eigenvalue weighted by Gasteiger charge is -2.55. The van der Waals surface area contributed by atoms with Gasteiger partial charge in [-0.3, -0.25) is 0 Å². The normalized spacial score (nSPS) is 21.5. The molecule has 4 saturated carbocycles. The van der Waals surface area contributed by atoms with E-state index in [4.69, 9.17) is 0 Å². The Bertz CT molecular complexity index is 3110. The quantitative estimate of drug-likeness (QED) is 0.157. The fourth-order valence-corrected chi connectivity index (χ4v) is 13.8. The molecule has 0 atom stereocenters. The first kappa shape index (κ1) is 32.3. The Morgan fingerprint density at radius 2 is 0.754 bits per heavy atom. The minimum absolute atomic E-state index is 0.685. The topological polar surface area (TPSA) is 0 Å². The lowest BCUT2D eigenvalue weighted by atomic mass is 9.50. The van der Waals surface area contributed by atoms with E-state index in [1.54, 1.807) is 5.56 Å².